The van der Waals surface area contributed by atoms with Crippen LogP contribution in [0.1, 0.15) is 51.5 Å². The Hall–Kier alpha value is -2.54. The number of aromatic amines is 1. The van der Waals surface area contributed by atoms with Gasteiger partial charge in [-0.2, -0.15) is 5.09 Å². The maximum atomic E-state index is 15.4. The lowest BCUT2D eigenvalue weighted by molar-refractivity contribution is -0.149. The van der Waals surface area contributed by atoms with E-state index in [1.807, 2.05) is 11.9 Å². The average molecular weight is 606 g/mol. The molecule has 1 aromatic heterocycles. The van der Waals surface area contributed by atoms with Crippen molar-refractivity contribution >= 4 is 25.3 Å². The number of benzene rings is 1. The number of halogens is 2. The quantitative estimate of drug-likeness (QED) is 0.186. The summed E-state index contributed by atoms with van der Waals surface area (Å²) in [7, 11) is -4.39. The molecule has 1 saturated heterocycles. The zero-order valence-electron chi connectivity index (χ0n) is 22.8. The van der Waals surface area contributed by atoms with E-state index in [0.29, 0.717) is 4.57 Å². The van der Waals surface area contributed by atoms with Gasteiger partial charge in [0.15, 0.2) is 6.23 Å². The molecule has 222 valence electrons. The molecule has 0 amide bonds. The summed E-state index contributed by atoms with van der Waals surface area (Å²) in [5.41, 5.74) is -0.610. The molecule has 12 nitrogen and oxygen atoms in total. The second-order valence-electron chi connectivity index (χ2n) is 9.74. The Morgan fingerprint density at radius 1 is 1.30 bits per heavy atom. The predicted molar refractivity (Wildman–Crippen MR) is 144 cm³/mol. The molecule has 2 aromatic rings. The smallest absolute Gasteiger partial charge is 0.459 e. The normalized spacial score (nSPS) is 25.0. The van der Waals surface area contributed by atoms with E-state index >= 15 is 4.39 Å². The molecule has 1 aliphatic heterocycles. The summed E-state index contributed by atoms with van der Waals surface area (Å²) in [5, 5.41) is 10.0. The van der Waals surface area contributed by atoms with E-state index < -0.39 is 67.3 Å². The highest BCUT2D eigenvalue weighted by molar-refractivity contribution is 7.52. The minimum Gasteiger partial charge on any atom is -0.462 e. The Kier molecular flexibility index (Phi) is 10.4. The number of aromatic nitrogens is 2. The first-order valence-corrected chi connectivity index (χ1v) is 14.6. The number of aliphatic hydroxyl groups excluding tert-OH is 1. The van der Waals surface area contributed by atoms with Gasteiger partial charge < -0.3 is 19.1 Å². The summed E-state index contributed by atoms with van der Waals surface area (Å²) in [4.78, 5) is 38.4. The molecule has 0 bridgehead atoms. The van der Waals surface area contributed by atoms with Gasteiger partial charge in [-0.05, 0) is 51.8 Å². The first kappa shape index (κ1) is 32.0. The van der Waals surface area contributed by atoms with Crippen molar-refractivity contribution in [3.05, 3.63) is 62.4 Å². The lowest BCUT2D eigenvalue weighted by Gasteiger charge is -2.25. The SMILES string of the molecule is CCCc1ccc(OP(=O)(NC(C)C(=O)OC(C)C)OCC2OC(n3cc(C)c(=O)[nH]c3=O)C(F)(Cl)C2O)cc1. The van der Waals surface area contributed by atoms with Gasteiger partial charge in [0.05, 0.1) is 12.7 Å². The number of hydrogen-bond donors (Lipinski definition) is 3. The van der Waals surface area contributed by atoms with Crippen molar-refractivity contribution in [3.8, 4) is 5.75 Å². The molecule has 0 spiro atoms. The molecule has 3 rings (SSSR count). The number of H-pyrrole nitrogens is 1. The summed E-state index contributed by atoms with van der Waals surface area (Å²) in [6, 6.07) is 5.57. The van der Waals surface area contributed by atoms with Crippen LogP contribution in [0.25, 0.3) is 0 Å². The van der Waals surface area contributed by atoms with E-state index in [-0.39, 0.29) is 11.3 Å². The number of aliphatic hydroxyl groups is 1. The molecule has 15 heteroatoms. The third-order valence-corrected chi connectivity index (χ3v) is 7.99. The fourth-order valence-electron chi connectivity index (χ4n) is 3.90. The van der Waals surface area contributed by atoms with Gasteiger partial charge in [0.2, 0.25) is 0 Å². The maximum absolute atomic E-state index is 15.4. The lowest BCUT2D eigenvalue weighted by atomic mass is 10.1. The van der Waals surface area contributed by atoms with Crippen LogP contribution in [0.5, 0.6) is 5.75 Å². The van der Waals surface area contributed by atoms with Crippen LogP contribution in [0.15, 0.2) is 40.1 Å². The summed E-state index contributed by atoms with van der Waals surface area (Å²) in [5.74, 6) is -0.576. The van der Waals surface area contributed by atoms with E-state index in [4.69, 9.17) is 30.1 Å². The highest BCUT2D eigenvalue weighted by Gasteiger charge is 2.58. The molecule has 0 radical (unpaired) electrons. The van der Waals surface area contributed by atoms with Crippen molar-refractivity contribution in [2.45, 2.75) is 83.2 Å². The molecule has 3 N–H and O–H groups in total. The molecule has 0 saturated carbocycles. The minimum absolute atomic E-state index is 0.0687. The number of nitrogens with one attached hydrogen (secondary N) is 2. The van der Waals surface area contributed by atoms with Gasteiger partial charge in [0.25, 0.3) is 10.7 Å². The summed E-state index contributed by atoms with van der Waals surface area (Å²) in [6.45, 7) is 7.37. The summed E-state index contributed by atoms with van der Waals surface area (Å²) >= 11 is 5.95. The van der Waals surface area contributed by atoms with Crippen molar-refractivity contribution in [2.24, 2.45) is 0 Å². The topological polar surface area (TPSA) is 158 Å². The van der Waals surface area contributed by atoms with Crippen molar-refractivity contribution in [2.75, 3.05) is 6.61 Å². The predicted octanol–water partition coefficient (Wildman–Crippen LogP) is 3.09. The van der Waals surface area contributed by atoms with Crippen LogP contribution in [0, 0.1) is 6.92 Å². The number of carbonyl (C=O) groups excluding carboxylic acids is 1. The van der Waals surface area contributed by atoms with E-state index in [2.05, 4.69) is 5.09 Å². The van der Waals surface area contributed by atoms with E-state index in [1.165, 1.54) is 13.8 Å². The first-order chi connectivity index (χ1) is 18.7. The Labute approximate surface area is 235 Å². The second-order valence-corrected chi connectivity index (χ2v) is 12.0. The standard InChI is InChI=1S/C25H34ClFN3O9P/c1-6-7-17-8-10-18(11-9-17)39-40(35,29-16(5)22(33)37-14(2)3)36-13-19-20(31)25(26,27)23(38-19)30-12-15(4)21(32)28-24(30)34/h8-12,14,16,19-20,23,31H,6-7,13H2,1-5H3,(H,29,35)(H,28,32,34). The van der Waals surface area contributed by atoms with Crippen LogP contribution in [-0.4, -0.2) is 56.7 Å². The van der Waals surface area contributed by atoms with Crippen LogP contribution in [0.4, 0.5) is 4.39 Å². The molecular weight excluding hydrogens is 572 g/mol. The molecule has 40 heavy (non-hydrogen) atoms. The number of nitrogens with zero attached hydrogens (tertiary/aromatic N) is 1. The number of rotatable bonds is 12. The zero-order chi connectivity index (χ0) is 29.8. The van der Waals surface area contributed by atoms with Gasteiger partial charge in [0, 0.05) is 11.8 Å². The largest absolute Gasteiger partial charge is 0.462 e. The minimum atomic E-state index is -4.39. The number of hydrogen-bond acceptors (Lipinski definition) is 9. The molecule has 1 fully saturated rings. The number of aryl methyl sites for hydroxylation is 2. The summed E-state index contributed by atoms with van der Waals surface area (Å²) in [6.07, 6.45) is -3.10. The third kappa shape index (κ3) is 7.59. The molecule has 0 aliphatic carbocycles. The van der Waals surface area contributed by atoms with Crippen molar-refractivity contribution in [1.82, 2.24) is 14.6 Å². The highest BCUT2D eigenvalue weighted by atomic mass is 35.5. The Bertz CT molecular complexity index is 1350. The zero-order valence-corrected chi connectivity index (χ0v) is 24.4. The maximum Gasteiger partial charge on any atom is 0.459 e. The number of carbonyl (C=O) groups is 1. The number of alkyl halides is 2. The van der Waals surface area contributed by atoms with E-state index in [9.17, 15) is 24.1 Å². The fraction of sp³-hybridized carbons (Fsp3) is 0.560. The number of esters is 1. The number of ether oxygens (including phenoxy) is 2. The average Bonchev–Trinajstić information content (AvgIpc) is 3.09. The van der Waals surface area contributed by atoms with Crippen molar-refractivity contribution in [1.29, 1.82) is 0 Å². The lowest BCUT2D eigenvalue weighted by Crippen LogP contribution is -2.42. The highest BCUT2D eigenvalue weighted by Crippen LogP contribution is 2.48. The fourth-order valence-corrected chi connectivity index (χ4v) is 5.70. The molecule has 1 aliphatic rings. The molecule has 6 unspecified atom stereocenters. The van der Waals surface area contributed by atoms with Gasteiger partial charge >= 0.3 is 19.4 Å². The van der Waals surface area contributed by atoms with Gasteiger partial charge in [-0.25, -0.2) is 13.8 Å². The van der Waals surface area contributed by atoms with Gasteiger partial charge in [-0.1, -0.05) is 37.1 Å². The Morgan fingerprint density at radius 3 is 2.55 bits per heavy atom. The van der Waals surface area contributed by atoms with Crippen molar-refractivity contribution in [3.63, 3.8) is 0 Å². The van der Waals surface area contributed by atoms with Gasteiger partial charge in [-0.15, -0.1) is 0 Å². The van der Waals surface area contributed by atoms with Gasteiger partial charge in [-0.3, -0.25) is 23.7 Å². The van der Waals surface area contributed by atoms with Crippen LogP contribution >= 0.6 is 19.3 Å². The Morgan fingerprint density at radius 2 is 1.95 bits per heavy atom. The van der Waals surface area contributed by atoms with Crippen molar-refractivity contribution < 1.29 is 37.4 Å². The monoisotopic (exact) mass is 605 g/mol. The molecular formula is C25H34ClFN3O9P. The van der Waals surface area contributed by atoms with Crippen LogP contribution in [0.3, 0.4) is 0 Å². The molecule has 2 heterocycles. The molecule has 6 atom stereocenters. The third-order valence-electron chi connectivity index (χ3n) is 5.93. The van der Waals surface area contributed by atoms with Gasteiger partial charge in [0.1, 0.15) is 24.0 Å². The van der Waals surface area contributed by atoms with Crippen LogP contribution in [-0.2, 0) is 29.8 Å². The van der Waals surface area contributed by atoms with E-state index in [1.54, 1.807) is 38.1 Å². The molecule has 1 aromatic carbocycles. The van der Waals surface area contributed by atoms with E-state index in [0.717, 1.165) is 24.6 Å². The first-order valence-electron chi connectivity index (χ1n) is 12.7. The van der Waals surface area contributed by atoms with Crippen LogP contribution < -0.4 is 20.9 Å². The van der Waals surface area contributed by atoms with Crippen LogP contribution in [0.2, 0.25) is 0 Å². The second kappa shape index (κ2) is 13.0. The Balaban J connectivity index is 1.83. The summed E-state index contributed by atoms with van der Waals surface area (Å²) < 4.78 is 51.7.